The Labute approximate surface area is 141 Å². The van der Waals surface area contributed by atoms with Gasteiger partial charge in [-0.2, -0.15) is 0 Å². The van der Waals surface area contributed by atoms with Crippen molar-refractivity contribution in [3.8, 4) is 5.75 Å². The van der Waals surface area contributed by atoms with Crippen LogP contribution in [-0.2, 0) is 14.3 Å². The number of aliphatic hydroxyl groups is 3. The van der Waals surface area contributed by atoms with E-state index in [0.29, 0.717) is 12.4 Å². The maximum Gasteiger partial charge on any atom is 0.330 e. The van der Waals surface area contributed by atoms with Gasteiger partial charge in [-0.3, -0.25) is 4.79 Å². The molecule has 1 aromatic rings. The normalized spacial score (nSPS) is 10.2. The highest BCUT2D eigenvalue weighted by molar-refractivity contribution is 5.87. The molecule has 1 rings (SSSR count). The minimum atomic E-state index is -0.954. The molecule has 0 saturated heterocycles. The van der Waals surface area contributed by atoms with E-state index in [1.54, 1.807) is 30.3 Å². The maximum atomic E-state index is 11.2. The monoisotopic (exact) mass is 340 g/mol. The molecule has 0 bridgehead atoms. The summed E-state index contributed by atoms with van der Waals surface area (Å²) in [4.78, 5) is 21.9. The van der Waals surface area contributed by atoms with Crippen LogP contribution in [-0.4, -0.2) is 53.2 Å². The summed E-state index contributed by atoms with van der Waals surface area (Å²) in [7, 11) is 0. The van der Waals surface area contributed by atoms with Gasteiger partial charge in [0.2, 0.25) is 0 Å². The van der Waals surface area contributed by atoms with Gasteiger partial charge in [0.25, 0.3) is 0 Å². The molecule has 0 aliphatic heterocycles. The van der Waals surface area contributed by atoms with Crippen molar-refractivity contribution in [2.75, 3.05) is 19.8 Å². The summed E-state index contributed by atoms with van der Waals surface area (Å²) in [6, 6.07) is 6.83. The number of carbonyl (C=O) groups excluding carboxylic acids is 2. The van der Waals surface area contributed by atoms with Crippen molar-refractivity contribution >= 4 is 18.0 Å². The van der Waals surface area contributed by atoms with Crippen LogP contribution in [0.25, 0.3) is 6.08 Å². The molecule has 1 aromatic carbocycles. The molecule has 0 aliphatic rings. The average Bonchev–Trinajstić information content (AvgIpc) is 2.58. The number of rotatable bonds is 7. The summed E-state index contributed by atoms with van der Waals surface area (Å²) in [6.45, 7) is 2.98. The van der Waals surface area contributed by atoms with Crippen molar-refractivity contribution in [3.63, 3.8) is 0 Å². The first-order chi connectivity index (χ1) is 11.4. The Morgan fingerprint density at radius 3 is 2.17 bits per heavy atom. The van der Waals surface area contributed by atoms with Crippen LogP contribution in [0.1, 0.15) is 25.8 Å². The van der Waals surface area contributed by atoms with Gasteiger partial charge in [-0.05, 0) is 30.2 Å². The van der Waals surface area contributed by atoms with E-state index < -0.39 is 6.10 Å². The Kier molecular flexibility index (Phi) is 12.0. The molecule has 0 aliphatic carbocycles. The smallest absolute Gasteiger partial charge is 0.330 e. The molecule has 0 atom stereocenters. The van der Waals surface area contributed by atoms with Crippen LogP contribution in [0.4, 0.5) is 0 Å². The lowest BCUT2D eigenvalue weighted by Gasteiger charge is -2.01. The molecule has 0 heterocycles. The lowest BCUT2D eigenvalue weighted by molar-refractivity contribution is -0.137. The van der Waals surface area contributed by atoms with Crippen molar-refractivity contribution in [1.29, 1.82) is 0 Å². The first-order valence-electron chi connectivity index (χ1n) is 7.46. The third-order valence-electron chi connectivity index (χ3n) is 2.42. The van der Waals surface area contributed by atoms with Crippen molar-refractivity contribution in [3.05, 3.63) is 35.9 Å². The van der Waals surface area contributed by atoms with Gasteiger partial charge in [0.05, 0.1) is 19.8 Å². The van der Waals surface area contributed by atoms with E-state index in [9.17, 15) is 9.59 Å². The fraction of sp³-hybridized carbons (Fsp3) is 0.412. The van der Waals surface area contributed by atoms with Gasteiger partial charge >= 0.3 is 11.9 Å². The highest BCUT2D eigenvalue weighted by Gasteiger charge is 1.98. The Bertz CT molecular complexity index is 504. The maximum absolute atomic E-state index is 11.2. The van der Waals surface area contributed by atoms with Gasteiger partial charge in [0, 0.05) is 13.0 Å². The zero-order valence-corrected chi connectivity index (χ0v) is 13.8. The third kappa shape index (κ3) is 11.4. The summed E-state index contributed by atoms with van der Waals surface area (Å²) < 4.78 is 9.79. The summed E-state index contributed by atoms with van der Waals surface area (Å²) in [6.07, 6.45) is 2.87. The van der Waals surface area contributed by atoms with Crippen LogP contribution in [0.5, 0.6) is 5.75 Å². The molecule has 0 aromatic heterocycles. The number of hydrogen-bond donors (Lipinski definition) is 3. The van der Waals surface area contributed by atoms with Gasteiger partial charge < -0.3 is 24.8 Å². The Morgan fingerprint density at radius 1 is 1.17 bits per heavy atom. The van der Waals surface area contributed by atoms with Gasteiger partial charge in [-0.1, -0.05) is 19.1 Å². The second-order valence-corrected chi connectivity index (χ2v) is 4.68. The van der Waals surface area contributed by atoms with E-state index in [1.807, 2.05) is 6.92 Å². The second-order valence-electron chi connectivity index (χ2n) is 4.68. The summed E-state index contributed by atoms with van der Waals surface area (Å²) >= 11 is 0. The Morgan fingerprint density at radius 2 is 1.75 bits per heavy atom. The van der Waals surface area contributed by atoms with Crippen LogP contribution in [0, 0.1) is 0 Å². The summed E-state index contributed by atoms with van der Waals surface area (Å²) in [5.41, 5.74) is 0.833. The number of esters is 2. The fourth-order valence-electron chi connectivity index (χ4n) is 1.29. The highest BCUT2D eigenvalue weighted by Crippen LogP contribution is 2.13. The molecule has 0 unspecified atom stereocenters. The molecule has 0 radical (unpaired) electrons. The number of hydrogen-bond acceptors (Lipinski definition) is 7. The highest BCUT2D eigenvalue weighted by atomic mass is 16.5. The fourth-order valence-corrected chi connectivity index (χ4v) is 1.29. The molecule has 0 amide bonds. The molecule has 0 fully saturated rings. The lowest BCUT2D eigenvalue weighted by atomic mass is 10.2. The van der Waals surface area contributed by atoms with Gasteiger partial charge in [0.1, 0.15) is 11.9 Å². The molecule has 24 heavy (non-hydrogen) atoms. The first kappa shape index (κ1) is 21.8. The SMILES string of the molecule is CCCOC(=O)C=Cc1ccc(OC(C)=O)cc1.OCC(O)CO. The topological polar surface area (TPSA) is 113 Å². The first-order valence-corrected chi connectivity index (χ1v) is 7.46. The zero-order chi connectivity index (χ0) is 18.4. The van der Waals surface area contributed by atoms with Gasteiger partial charge in [-0.25, -0.2) is 4.79 Å². The number of benzene rings is 1. The Balaban J connectivity index is 0.000000754. The van der Waals surface area contributed by atoms with Crippen molar-refractivity contribution in [1.82, 2.24) is 0 Å². The minimum absolute atomic E-state index is 0.360. The number of ether oxygens (including phenoxy) is 2. The zero-order valence-electron chi connectivity index (χ0n) is 13.8. The lowest BCUT2D eigenvalue weighted by Crippen LogP contribution is -2.15. The van der Waals surface area contributed by atoms with Crippen LogP contribution >= 0.6 is 0 Å². The molecule has 0 saturated carbocycles. The van der Waals surface area contributed by atoms with Crippen molar-refractivity contribution in [2.24, 2.45) is 0 Å². The predicted molar refractivity (Wildman–Crippen MR) is 88.2 cm³/mol. The van der Waals surface area contributed by atoms with Crippen LogP contribution in [0.15, 0.2) is 30.3 Å². The molecular formula is C17H24O7. The molecule has 0 spiro atoms. The van der Waals surface area contributed by atoms with Gasteiger partial charge in [-0.15, -0.1) is 0 Å². The van der Waals surface area contributed by atoms with E-state index >= 15 is 0 Å². The van der Waals surface area contributed by atoms with Crippen LogP contribution in [0.2, 0.25) is 0 Å². The van der Waals surface area contributed by atoms with Crippen molar-refractivity contribution in [2.45, 2.75) is 26.4 Å². The quantitative estimate of drug-likeness (QED) is 0.384. The number of carbonyl (C=O) groups is 2. The predicted octanol–water partition coefficient (Wildman–Crippen LogP) is 0.910. The van der Waals surface area contributed by atoms with Crippen molar-refractivity contribution < 1.29 is 34.4 Å². The molecule has 7 nitrogen and oxygen atoms in total. The van der Waals surface area contributed by atoms with Crippen LogP contribution in [0.3, 0.4) is 0 Å². The Hall–Kier alpha value is -2.22. The molecule has 3 N–H and O–H groups in total. The molecular weight excluding hydrogens is 316 g/mol. The minimum Gasteiger partial charge on any atom is -0.463 e. The van der Waals surface area contributed by atoms with E-state index in [4.69, 9.17) is 24.8 Å². The summed E-state index contributed by atoms with van der Waals surface area (Å²) in [5.74, 6) is -0.240. The third-order valence-corrected chi connectivity index (χ3v) is 2.42. The number of aliphatic hydroxyl groups excluding tert-OH is 3. The van der Waals surface area contributed by atoms with Crippen LogP contribution < -0.4 is 4.74 Å². The van der Waals surface area contributed by atoms with E-state index in [-0.39, 0.29) is 25.2 Å². The van der Waals surface area contributed by atoms with E-state index in [2.05, 4.69) is 0 Å². The largest absolute Gasteiger partial charge is 0.463 e. The van der Waals surface area contributed by atoms with E-state index in [0.717, 1.165) is 12.0 Å². The summed E-state index contributed by atoms with van der Waals surface area (Å²) in [5, 5.41) is 24.0. The average molecular weight is 340 g/mol. The van der Waals surface area contributed by atoms with E-state index in [1.165, 1.54) is 13.0 Å². The molecule has 7 heteroatoms. The molecule has 134 valence electrons. The van der Waals surface area contributed by atoms with Gasteiger partial charge in [0.15, 0.2) is 0 Å². The second kappa shape index (κ2) is 13.2. The standard InChI is InChI=1S/C14H16O4.C3H8O3/c1-3-10-17-14(16)9-6-12-4-7-13(8-5-12)18-11(2)15;4-1-3(6)2-5/h4-9H,3,10H2,1-2H3;3-6H,1-2H2.